The van der Waals surface area contributed by atoms with E-state index in [0.29, 0.717) is 4.47 Å². The third kappa shape index (κ3) is 2.34. The second-order valence-electron chi connectivity index (χ2n) is 2.27. The van der Waals surface area contributed by atoms with Gasteiger partial charge in [-0.05, 0) is 12.1 Å². The molecule has 0 saturated heterocycles. The first-order valence-electron chi connectivity index (χ1n) is 3.24. The molecular weight excluding hydrogens is 280 g/mol. The SMILES string of the molecule is N#CC(F)c1c(Cl)cc(Br)cc1Cl. The highest BCUT2D eigenvalue weighted by atomic mass is 79.9. The summed E-state index contributed by atoms with van der Waals surface area (Å²) in [5.41, 5.74) is 0.0223. The molecule has 68 valence electrons. The molecule has 1 rings (SSSR count). The lowest BCUT2D eigenvalue weighted by molar-refractivity contribution is 0.424. The molecule has 1 unspecified atom stereocenters. The maximum absolute atomic E-state index is 13.0. The summed E-state index contributed by atoms with van der Waals surface area (Å²) >= 11 is 14.5. The molecule has 5 heteroatoms. The van der Waals surface area contributed by atoms with Gasteiger partial charge in [0.2, 0.25) is 6.17 Å². The van der Waals surface area contributed by atoms with Crippen LogP contribution in [-0.4, -0.2) is 0 Å². The molecule has 0 radical (unpaired) electrons. The lowest BCUT2D eigenvalue weighted by Crippen LogP contribution is -1.91. The highest BCUT2D eigenvalue weighted by Gasteiger charge is 2.17. The average molecular weight is 283 g/mol. The normalized spacial score (nSPS) is 12.2. The first-order valence-corrected chi connectivity index (χ1v) is 4.79. The molecule has 0 aliphatic rings. The Morgan fingerprint density at radius 3 is 2.23 bits per heavy atom. The molecule has 0 saturated carbocycles. The van der Waals surface area contributed by atoms with Gasteiger partial charge in [0.1, 0.15) is 6.07 Å². The molecule has 0 amide bonds. The van der Waals surface area contributed by atoms with Gasteiger partial charge >= 0.3 is 0 Å². The van der Waals surface area contributed by atoms with Crippen molar-refractivity contribution in [2.24, 2.45) is 0 Å². The van der Waals surface area contributed by atoms with Crippen molar-refractivity contribution >= 4 is 39.1 Å². The van der Waals surface area contributed by atoms with Crippen LogP contribution < -0.4 is 0 Å². The number of hydrogen-bond acceptors (Lipinski definition) is 1. The smallest absolute Gasteiger partial charge is 0.214 e. The van der Waals surface area contributed by atoms with Crippen molar-refractivity contribution in [2.45, 2.75) is 6.17 Å². The largest absolute Gasteiger partial charge is 0.226 e. The van der Waals surface area contributed by atoms with Crippen molar-refractivity contribution in [3.8, 4) is 6.07 Å². The van der Waals surface area contributed by atoms with E-state index in [4.69, 9.17) is 28.5 Å². The van der Waals surface area contributed by atoms with Crippen LogP contribution in [0, 0.1) is 11.3 Å². The van der Waals surface area contributed by atoms with Gasteiger partial charge in [-0.3, -0.25) is 0 Å². The molecule has 1 nitrogen and oxygen atoms in total. The van der Waals surface area contributed by atoms with Crippen molar-refractivity contribution in [3.05, 3.63) is 32.2 Å². The van der Waals surface area contributed by atoms with Gasteiger partial charge in [0.05, 0.1) is 10.0 Å². The van der Waals surface area contributed by atoms with Crippen LogP contribution in [-0.2, 0) is 0 Å². The number of rotatable bonds is 1. The quantitative estimate of drug-likeness (QED) is 0.754. The summed E-state index contributed by atoms with van der Waals surface area (Å²) in [6.45, 7) is 0. The zero-order valence-corrected chi connectivity index (χ0v) is 9.29. The number of hydrogen-bond donors (Lipinski definition) is 0. The highest BCUT2D eigenvalue weighted by Crippen LogP contribution is 2.34. The molecule has 0 fully saturated rings. The summed E-state index contributed by atoms with van der Waals surface area (Å²) < 4.78 is 13.6. The number of alkyl halides is 1. The second kappa shape index (κ2) is 4.28. The second-order valence-corrected chi connectivity index (χ2v) is 4.00. The van der Waals surface area contributed by atoms with Gasteiger partial charge in [0, 0.05) is 10.0 Å². The fraction of sp³-hybridized carbons (Fsp3) is 0.125. The van der Waals surface area contributed by atoms with Gasteiger partial charge in [-0.1, -0.05) is 39.1 Å². The summed E-state index contributed by atoms with van der Waals surface area (Å²) in [6, 6.07) is 4.42. The molecule has 1 atom stereocenters. The molecule has 0 aliphatic heterocycles. The minimum absolute atomic E-state index is 0.0223. The highest BCUT2D eigenvalue weighted by molar-refractivity contribution is 9.10. The van der Waals surface area contributed by atoms with Gasteiger partial charge in [-0.15, -0.1) is 0 Å². The predicted molar refractivity (Wildman–Crippen MR) is 53.6 cm³/mol. The molecular formula is C8H3BrCl2FN. The standard InChI is InChI=1S/C8H3BrCl2FN/c9-4-1-5(10)8(6(11)2-4)7(12)3-13/h1-2,7H. The Balaban J connectivity index is 3.30. The van der Waals surface area contributed by atoms with Crippen LogP contribution in [0.3, 0.4) is 0 Å². The fourth-order valence-corrected chi connectivity index (χ4v) is 2.26. The van der Waals surface area contributed by atoms with Crippen molar-refractivity contribution in [1.29, 1.82) is 5.26 Å². The van der Waals surface area contributed by atoms with E-state index in [0.717, 1.165) is 0 Å². The zero-order valence-electron chi connectivity index (χ0n) is 6.19. The fourth-order valence-electron chi connectivity index (χ4n) is 0.860. The molecule has 0 bridgehead atoms. The van der Waals surface area contributed by atoms with Gasteiger partial charge < -0.3 is 0 Å². The Kier molecular flexibility index (Phi) is 3.55. The lowest BCUT2D eigenvalue weighted by atomic mass is 10.1. The Hall–Kier alpha value is -0.300. The molecule has 0 heterocycles. The number of nitrogens with zero attached hydrogens (tertiary/aromatic N) is 1. The van der Waals surface area contributed by atoms with Gasteiger partial charge in [0.15, 0.2) is 0 Å². The number of benzene rings is 1. The van der Waals surface area contributed by atoms with Gasteiger partial charge in [0.25, 0.3) is 0 Å². The van der Waals surface area contributed by atoms with Gasteiger partial charge in [-0.2, -0.15) is 5.26 Å². The molecule has 0 N–H and O–H groups in total. The third-order valence-corrected chi connectivity index (χ3v) is 2.49. The van der Waals surface area contributed by atoms with E-state index in [1.165, 1.54) is 18.2 Å². The first kappa shape index (κ1) is 10.8. The summed E-state index contributed by atoms with van der Waals surface area (Å²) in [7, 11) is 0. The zero-order chi connectivity index (χ0) is 10.0. The predicted octanol–water partition coefficient (Wildman–Crippen LogP) is 4.29. The topological polar surface area (TPSA) is 23.8 Å². The summed E-state index contributed by atoms with van der Waals surface area (Å²) in [5.74, 6) is 0. The maximum atomic E-state index is 13.0. The van der Waals surface area contributed by atoms with Crippen molar-refractivity contribution < 1.29 is 4.39 Å². The summed E-state index contributed by atoms with van der Waals surface area (Å²) in [6.07, 6.45) is -1.78. The van der Waals surface area contributed by atoms with Gasteiger partial charge in [-0.25, -0.2) is 4.39 Å². The van der Waals surface area contributed by atoms with E-state index in [2.05, 4.69) is 15.9 Å². The van der Waals surface area contributed by atoms with Crippen LogP contribution in [0.15, 0.2) is 16.6 Å². The number of nitriles is 1. The Labute approximate surface area is 93.2 Å². The monoisotopic (exact) mass is 281 g/mol. The van der Waals surface area contributed by atoms with Crippen LogP contribution in [0.1, 0.15) is 11.7 Å². The third-order valence-electron chi connectivity index (χ3n) is 1.41. The molecule has 1 aromatic rings. The van der Waals surface area contributed by atoms with Crippen LogP contribution in [0.2, 0.25) is 10.0 Å². The van der Waals surface area contributed by atoms with Crippen molar-refractivity contribution in [1.82, 2.24) is 0 Å². The molecule has 0 aromatic heterocycles. The number of halogens is 4. The van der Waals surface area contributed by atoms with Crippen LogP contribution in [0.4, 0.5) is 4.39 Å². The van der Waals surface area contributed by atoms with E-state index in [9.17, 15) is 4.39 Å². The van der Waals surface area contributed by atoms with Crippen LogP contribution in [0.25, 0.3) is 0 Å². The Morgan fingerprint density at radius 2 is 1.85 bits per heavy atom. The minimum Gasteiger partial charge on any atom is -0.226 e. The van der Waals surface area contributed by atoms with Crippen LogP contribution in [0.5, 0.6) is 0 Å². The molecule has 1 aromatic carbocycles. The van der Waals surface area contributed by atoms with E-state index in [1.807, 2.05) is 0 Å². The van der Waals surface area contributed by atoms with Crippen LogP contribution >= 0.6 is 39.1 Å². The van der Waals surface area contributed by atoms with E-state index < -0.39 is 6.17 Å². The lowest BCUT2D eigenvalue weighted by Gasteiger charge is -2.06. The van der Waals surface area contributed by atoms with E-state index in [-0.39, 0.29) is 15.6 Å². The molecule has 0 aliphatic carbocycles. The minimum atomic E-state index is -1.78. The maximum Gasteiger partial charge on any atom is 0.214 e. The molecule has 13 heavy (non-hydrogen) atoms. The van der Waals surface area contributed by atoms with Crippen molar-refractivity contribution in [2.75, 3.05) is 0 Å². The summed E-state index contributed by atoms with van der Waals surface area (Å²) in [4.78, 5) is 0. The average Bonchev–Trinajstić information content (AvgIpc) is 2.02. The summed E-state index contributed by atoms with van der Waals surface area (Å²) in [5, 5.41) is 8.65. The Morgan fingerprint density at radius 1 is 1.38 bits per heavy atom. The first-order chi connectivity index (χ1) is 6.06. The molecule has 0 spiro atoms. The van der Waals surface area contributed by atoms with E-state index >= 15 is 0 Å². The van der Waals surface area contributed by atoms with Crippen molar-refractivity contribution in [3.63, 3.8) is 0 Å². The Bertz CT molecular complexity index is 352. The van der Waals surface area contributed by atoms with E-state index in [1.54, 1.807) is 0 Å².